The molecule has 0 saturated carbocycles. The Bertz CT molecular complexity index is 830. The molecule has 0 radical (unpaired) electrons. The van der Waals surface area contributed by atoms with Gasteiger partial charge in [0.1, 0.15) is 12.1 Å². The summed E-state index contributed by atoms with van der Waals surface area (Å²) in [6, 6.07) is 10.1. The van der Waals surface area contributed by atoms with Crippen molar-refractivity contribution in [2.75, 3.05) is 5.32 Å². The van der Waals surface area contributed by atoms with Crippen molar-refractivity contribution < 1.29 is 9.59 Å². The molecule has 1 aliphatic rings. The number of nitrogens with zero attached hydrogens (tertiary/aromatic N) is 2. The van der Waals surface area contributed by atoms with Crippen LogP contribution in [0, 0.1) is 22.7 Å². The minimum atomic E-state index is -0.387. The van der Waals surface area contributed by atoms with E-state index in [1.54, 1.807) is 43.3 Å². The van der Waals surface area contributed by atoms with Gasteiger partial charge in [-0.05, 0) is 30.7 Å². The first kappa shape index (κ1) is 15.7. The number of benzene rings is 1. The second-order valence-electron chi connectivity index (χ2n) is 4.84. The number of anilines is 1. The molecule has 2 amide bonds. The molecule has 0 spiro atoms. The normalized spacial score (nSPS) is 12.6. The molecule has 0 unspecified atom stereocenters. The van der Waals surface area contributed by atoms with Crippen molar-refractivity contribution in [2.24, 2.45) is 0 Å². The summed E-state index contributed by atoms with van der Waals surface area (Å²) in [5.74, 6) is -0.671. The van der Waals surface area contributed by atoms with Crippen LogP contribution in [0.2, 0.25) is 0 Å². The molecular weight excluding hydrogens is 292 g/mol. The molecule has 1 aliphatic heterocycles. The monoisotopic (exact) mass is 304 g/mol. The molecule has 2 rings (SSSR count). The lowest BCUT2D eigenvalue weighted by atomic mass is 10.1. The van der Waals surface area contributed by atoms with Crippen LogP contribution in [0.1, 0.15) is 12.5 Å². The smallest absolute Gasteiger partial charge is 0.256 e. The minimum Gasteiger partial charge on any atom is -0.322 e. The average molecular weight is 304 g/mol. The van der Waals surface area contributed by atoms with Gasteiger partial charge in [-0.2, -0.15) is 10.5 Å². The van der Waals surface area contributed by atoms with Crippen LogP contribution in [0.3, 0.4) is 0 Å². The van der Waals surface area contributed by atoms with E-state index < -0.39 is 0 Å². The lowest BCUT2D eigenvalue weighted by Crippen LogP contribution is -2.17. The van der Waals surface area contributed by atoms with Crippen LogP contribution in [-0.2, 0) is 9.59 Å². The second-order valence-corrected chi connectivity index (χ2v) is 4.84. The van der Waals surface area contributed by atoms with E-state index >= 15 is 0 Å². The van der Waals surface area contributed by atoms with Crippen LogP contribution in [0.15, 0.2) is 53.8 Å². The molecule has 1 heterocycles. The first-order valence-corrected chi connectivity index (χ1v) is 6.61. The number of allylic oxidation sites excluding steroid dienone is 2. The van der Waals surface area contributed by atoms with E-state index in [1.165, 1.54) is 6.08 Å². The lowest BCUT2D eigenvalue weighted by molar-refractivity contribution is -0.114. The Kier molecular flexibility index (Phi) is 4.39. The Morgan fingerprint density at radius 3 is 2.35 bits per heavy atom. The van der Waals surface area contributed by atoms with Crippen LogP contribution < -0.4 is 10.6 Å². The number of hydrogen-bond donors (Lipinski definition) is 2. The van der Waals surface area contributed by atoms with Gasteiger partial charge < -0.3 is 10.6 Å². The molecule has 6 heteroatoms. The maximum Gasteiger partial charge on any atom is 0.256 e. The van der Waals surface area contributed by atoms with Crippen LogP contribution in [0.4, 0.5) is 5.69 Å². The predicted octanol–water partition coefficient (Wildman–Crippen LogP) is 2.02. The van der Waals surface area contributed by atoms with Crippen molar-refractivity contribution in [3.8, 4) is 12.1 Å². The Balaban J connectivity index is 2.28. The van der Waals surface area contributed by atoms with Gasteiger partial charge in [-0.15, -0.1) is 0 Å². The highest BCUT2D eigenvalue weighted by Gasteiger charge is 2.22. The summed E-state index contributed by atoms with van der Waals surface area (Å²) in [4.78, 5) is 23.5. The van der Waals surface area contributed by atoms with E-state index in [0.29, 0.717) is 22.4 Å². The van der Waals surface area contributed by atoms with Crippen molar-refractivity contribution in [3.05, 3.63) is 59.3 Å². The number of hydrogen-bond acceptors (Lipinski definition) is 4. The summed E-state index contributed by atoms with van der Waals surface area (Å²) < 4.78 is 0. The van der Waals surface area contributed by atoms with Gasteiger partial charge >= 0.3 is 0 Å². The van der Waals surface area contributed by atoms with E-state index in [4.69, 9.17) is 10.5 Å². The van der Waals surface area contributed by atoms with Gasteiger partial charge in [0.15, 0.2) is 5.57 Å². The van der Waals surface area contributed by atoms with Gasteiger partial charge in [-0.3, -0.25) is 9.59 Å². The standard InChI is InChI=1S/C17H12N4O2/c1-10(2)16(22)20-13-5-3-11(4-6-13)14-7-15(21-17(14)23)12(8-18)9-19/h3-7H,1H2,2H3,(H,20,22)(H,21,23). The Morgan fingerprint density at radius 1 is 1.22 bits per heavy atom. The number of nitrogens with one attached hydrogen (secondary N) is 2. The van der Waals surface area contributed by atoms with Gasteiger partial charge in [0.05, 0.1) is 5.70 Å². The molecular formula is C17H12N4O2. The van der Waals surface area contributed by atoms with Gasteiger partial charge in [0, 0.05) is 16.8 Å². The number of nitriles is 2. The lowest BCUT2D eigenvalue weighted by Gasteiger charge is -2.06. The van der Waals surface area contributed by atoms with E-state index in [9.17, 15) is 9.59 Å². The highest BCUT2D eigenvalue weighted by molar-refractivity contribution is 6.23. The zero-order valence-corrected chi connectivity index (χ0v) is 12.3. The molecule has 6 nitrogen and oxygen atoms in total. The molecule has 0 aromatic heterocycles. The third-order valence-corrected chi connectivity index (χ3v) is 3.12. The van der Waals surface area contributed by atoms with Gasteiger partial charge in [0.2, 0.25) is 0 Å². The number of carbonyl (C=O) groups excluding carboxylic acids is 2. The first-order chi connectivity index (χ1) is 11.0. The number of rotatable bonds is 3. The largest absolute Gasteiger partial charge is 0.322 e. The molecule has 0 atom stereocenters. The maximum atomic E-state index is 12.0. The highest BCUT2D eigenvalue weighted by atomic mass is 16.2. The van der Waals surface area contributed by atoms with E-state index in [2.05, 4.69) is 17.2 Å². The van der Waals surface area contributed by atoms with Crippen molar-refractivity contribution in [1.29, 1.82) is 10.5 Å². The van der Waals surface area contributed by atoms with E-state index in [1.807, 2.05) is 0 Å². The van der Waals surface area contributed by atoms with Crippen molar-refractivity contribution >= 4 is 23.1 Å². The Labute approximate surface area is 133 Å². The van der Waals surface area contributed by atoms with Crippen molar-refractivity contribution in [3.63, 3.8) is 0 Å². The summed E-state index contributed by atoms with van der Waals surface area (Å²) in [6.07, 6.45) is 1.46. The third-order valence-electron chi connectivity index (χ3n) is 3.12. The molecule has 0 bridgehead atoms. The molecule has 23 heavy (non-hydrogen) atoms. The summed E-state index contributed by atoms with van der Waals surface area (Å²) in [6.45, 7) is 5.16. The molecule has 0 fully saturated rings. The quantitative estimate of drug-likeness (QED) is 0.658. The predicted molar refractivity (Wildman–Crippen MR) is 84.3 cm³/mol. The molecule has 2 N–H and O–H groups in total. The van der Waals surface area contributed by atoms with Gasteiger partial charge in [-0.1, -0.05) is 18.7 Å². The minimum absolute atomic E-state index is 0.154. The summed E-state index contributed by atoms with van der Waals surface area (Å²) >= 11 is 0. The van der Waals surface area contributed by atoms with Gasteiger partial charge in [0.25, 0.3) is 11.8 Å². The van der Waals surface area contributed by atoms with Gasteiger partial charge in [-0.25, -0.2) is 0 Å². The molecule has 1 aromatic carbocycles. The van der Waals surface area contributed by atoms with Crippen LogP contribution in [-0.4, -0.2) is 11.8 Å². The number of amides is 2. The number of carbonyl (C=O) groups is 2. The zero-order chi connectivity index (χ0) is 17.0. The molecule has 112 valence electrons. The zero-order valence-electron chi connectivity index (χ0n) is 12.3. The first-order valence-electron chi connectivity index (χ1n) is 6.61. The molecule has 0 saturated heterocycles. The summed E-state index contributed by atoms with van der Waals surface area (Å²) in [5, 5.41) is 22.8. The fourth-order valence-corrected chi connectivity index (χ4v) is 1.90. The third kappa shape index (κ3) is 3.34. The van der Waals surface area contributed by atoms with Crippen LogP contribution >= 0.6 is 0 Å². The van der Waals surface area contributed by atoms with Crippen molar-refractivity contribution in [1.82, 2.24) is 5.32 Å². The van der Waals surface area contributed by atoms with Crippen molar-refractivity contribution in [2.45, 2.75) is 6.92 Å². The highest BCUT2D eigenvalue weighted by Crippen LogP contribution is 2.24. The fourth-order valence-electron chi connectivity index (χ4n) is 1.90. The fraction of sp³-hybridized carbons (Fsp3) is 0.0588. The average Bonchev–Trinajstić information content (AvgIpc) is 2.91. The van der Waals surface area contributed by atoms with E-state index in [0.717, 1.165) is 0 Å². The Hall–Kier alpha value is -3.64. The SMILES string of the molecule is C=C(C)C(=O)Nc1ccc(C2=CC(=C(C#N)C#N)NC2=O)cc1. The topological polar surface area (TPSA) is 106 Å². The maximum absolute atomic E-state index is 12.0. The Morgan fingerprint density at radius 2 is 1.83 bits per heavy atom. The van der Waals surface area contributed by atoms with Crippen LogP contribution in [0.5, 0.6) is 0 Å². The summed E-state index contributed by atoms with van der Waals surface area (Å²) in [7, 11) is 0. The molecule has 0 aliphatic carbocycles. The molecule has 1 aromatic rings. The summed E-state index contributed by atoms with van der Waals surface area (Å²) in [5.41, 5.74) is 1.96. The van der Waals surface area contributed by atoms with E-state index in [-0.39, 0.29) is 23.1 Å². The second kappa shape index (κ2) is 6.42. The van der Waals surface area contributed by atoms with Crippen LogP contribution in [0.25, 0.3) is 5.57 Å².